The van der Waals surface area contributed by atoms with E-state index >= 15 is 0 Å². The van der Waals surface area contributed by atoms with E-state index in [4.69, 9.17) is 18.9 Å². The summed E-state index contributed by atoms with van der Waals surface area (Å²) < 4.78 is 68.8. The zero-order valence-corrected chi connectivity index (χ0v) is 85.9. The summed E-state index contributed by atoms with van der Waals surface area (Å²) in [7, 11) is 3.50. The molecule has 28 rings (SSSR count). The maximum Gasteiger partial charge on any atom is 0.252 e. The molecule has 0 aliphatic carbocycles. The van der Waals surface area contributed by atoms with Crippen molar-refractivity contribution in [1.29, 1.82) is 0 Å². The largest absolute Gasteiger partial charge is 0.495 e. The van der Waals surface area contributed by atoms with Crippen LogP contribution in [0.25, 0.3) is 0 Å². The molecule has 0 saturated carbocycles. The lowest BCUT2D eigenvalue weighted by atomic mass is 9.34. The Balaban J connectivity index is 0.0000000990. The standard InChI is InChI=1S/C34H34BNO2S2.C33H32BNS2.C26H18BNO2S2.C24H11BF3NS2/c1-33(2,3)37-19-21-18-22(20-38-34(4,5)6)32-30-31(21)39-26-16-10-14-24-28(26)35(30)29-25(15-11-17-27(29)40-32)36(24)23-12-8-7-9-13-23;1-4-10-21-15-25-31-27(17-21)36-29-19-23(12-6-3)20-30-33(29)34(31)32-26(35(25)24-13-8-7-9-14-24)16-22(11-5-2)18-28(32)37-30;1-29-18-14-19(30-2)26-24-25(18)31-20-12-6-10-16-22(20)27(24)23-17(11-7-13-21(23)32-26)28(16)15-8-4-3-5-9-15;26-20-21(27)23-19-24(22(20)28)31-16-11-5-9-14-18(16)25(19)17-13(8-4-10-15(17)30-23)29(14)12-6-2-1-3-7-12/h7-18H,19-20H2,1-6H3;7-9,13-20H,4-6,10-12H2,1-3H3;3-14H,1-2H3;1-11H. The lowest BCUT2D eigenvalue weighted by molar-refractivity contribution is -0.0182. The first-order valence-electron chi connectivity index (χ1n) is 48.3. The number of aryl methyl sites for hydroxylation is 3. The molecule has 0 saturated heterocycles. The molecule has 140 heavy (non-hydrogen) atoms. The van der Waals surface area contributed by atoms with E-state index < -0.39 is 17.5 Å². The van der Waals surface area contributed by atoms with Gasteiger partial charge in [0.25, 0.3) is 26.9 Å². The van der Waals surface area contributed by atoms with Crippen LogP contribution < -0.4 is 94.6 Å². The molecule has 12 heterocycles. The summed E-state index contributed by atoms with van der Waals surface area (Å²) in [5.41, 5.74) is 36.5. The van der Waals surface area contributed by atoms with E-state index in [0.717, 1.165) is 81.4 Å². The van der Waals surface area contributed by atoms with Crippen molar-refractivity contribution in [3.8, 4) is 11.5 Å². The van der Waals surface area contributed by atoms with Crippen LogP contribution in [0.1, 0.15) is 109 Å². The Labute approximate surface area is 852 Å². The van der Waals surface area contributed by atoms with Crippen LogP contribution >= 0.6 is 94.1 Å². The summed E-state index contributed by atoms with van der Waals surface area (Å²) >= 11 is 13.9. The van der Waals surface area contributed by atoms with Crippen molar-refractivity contribution in [1.82, 2.24) is 0 Å². The fraction of sp³-hybridized carbons (Fsp3) is 0.179. The molecule has 0 bridgehead atoms. The zero-order chi connectivity index (χ0) is 95.2. The van der Waals surface area contributed by atoms with Crippen molar-refractivity contribution in [2.75, 3.05) is 33.8 Å². The summed E-state index contributed by atoms with van der Waals surface area (Å²) in [5, 5.41) is 0. The molecule has 23 heteroatoms. The maximum absolute atomic E-state index is 14.9. The molecule has 0 spiro atoms. The van der Waals surface area contributed by atoms with Gasteiger partial charge in [-0.2, -0.15) is 0 Å². The van der Waals surface area contributed by atoms with E-state index in [1.54, 1.807) is 19.7 Å². The van der Waals surface area contributed by atoms with Crippen LogP contribution in [-0.4, -0.2) is 52.3 Å². The molecule has 0 aromatic heterocycles. The average Bonchev–Trinajstić information content (AvgIpc) is 0.700. The van der Waals surface area contributed by atoms with Gasteiger partial charge in [-0.3, -0.25) is 0 Å². The van der Waals surface area contributed by atoms with Crippen molar-refractivity contribution in [2.24, 2.45) is 0 Å². The third kappa shape index (κ3) is 14.8. The summed E-state index contributed by atoms with van der Waals surface area (Å²) in [5.74, 6) is -1.81. The Morgan fingerprint density at radius 3 is 0.807 bits per heavy atom. The van der Waals surface area contributed by atoms with Crippen molar-refractivity contribution < 1.29 is 32.1 Å². The lowest BCUT2D eigenvalue weighted by Gasteiger charge is -2.44. The number of hydrogen-bond donors (Lipinski definition) is 0. The minimum atomic E-state index is -1.39. The number of halogens is 3. The normalized spacial score (nSPS) is 14.4. The molecule has 0 amide bonds. The maximum atomic E-state index is 14.9. The summed E-state index contributed by atoms with van der Waals surface area (Å²) in [6.45, 7) is 21.2. The van der Waals surface area contributed by atoms with Crippen molar-refractivity contribution in [3.63, 3.8) is 0 Å². The number of ether oxygens (including phenoxy) is 4. The van der Waals surface area contributed by atoms with Crippen LogP contribution in [0.5, 0.6) is 11.5 Å². The molecule has 0 fully saturated rings. The quantitative estimate of drug-likeness (QED) is 0.0681. The topological polar surface area (TPSA) is 49.9 Å². The molecule has 0 unspecified atom stereocenters. The summed E-state index contributed by atoms with van der Waals surface area (Å²) in [6, 6.07) is 101. The van der Waals surface area contributed by atoms with Crippen LogP contribution in [-0.2, 0) is 41.9 Å². The third-order valence-electron chi connectivity index (χ3n) is 28.2. The number of para-hydroxylation sites is 4. The Morgan fingerprint density at radius 1 is 0.250 bits per heavy atom. The highest BCUT2D eigenvalue weighted by Crippen LogP contribution is 2.57. The Bertz CT molecular complexity index is 7520. The predicted molar refractivity (Wildman–Crippen MR) is 586 cm³/mol. The molecule has 0 N–H and O–H groups in total. The minimum Gasteiger partial charge on any atom is -0.495 e. The SMILES string of the molecule is CC(C)(C)OCc1cc(COC(C)(C)C)c2c3c1Sc1cccc4c1B3c1c(cccc1N4c1ccccc1)S2.CCCc1cc2c3c(c1)Sc1cc(CCC)cc4c1B3c1c(cc(CCC)cc1N4c1ccccc1)S2.COc1cc(OC)c2c3c1Sc1cccc4c1B3c1c(cccc1N4c1ccccc1)S2.Fc1c(F)c2c3c(c1F)Sc1cccc4c1B3c1c(cccc1N4c1ccccc1)S2. The molecule has 0 radical (unpaired) electrons. The van der Waals surface area contributed by atoms with E-state index in [9.17, 15) is 13.2 Å². The Hall–Kier alpha value is -10.9. The molecule has 12 aliphatic heterocycles. The molecular weight excluding hydrogens is 1880 g/mol. The molecule has 16 aromatic carbocycles. The Morgan fingerprint density at radius 2 is 0.507 bits per heavy atom. The second kappa shape index (κ2) is 35.6. The van der Waals surface area contributed by atoms with E-state index in [1.807, 2.05) is 131 Å². The first-order valence-corrected chi connectivity index (χ1v) is 54.8. The van der Waals surface area contributed by atoms with Gasteiger partial charge in [0.2, 0.25) is 0 Å². The van der Waals surface area contributed by atoms with Gasteiger partial charge < -0.3 is 38.5 Å². The number of nitrogens with zero attached hydrogens (tertiary/aromatic N) is 4. The van der Waals surface area contributed by atoms with Crippen LogP contribution in [0.3, 0.4) is 0 Å². The van der Waals surface area contributed by atoms with Gasteiger partial charge in [0, 0.05) is 143 Å². The first kappa shape index (κ1) is 90.4. The molecule has 0 atom stereocenters. The van der Waals surface area contributed by atoms with Gasteiger partial charge in [0.15, 0.2) is 17.5 Å². The number of benzene rings is 16. The van der Waals surface area contributed by atoms with Gasteiger partial charge in [-0.25, -0.2) is 13.2 Å². The van der Waals surface area contributed by atoms with Crippen LogP contribution in [0, 0.1) is 17.5 Å². The van der Waals surface area contributed by atoms with Crippen LogP contribution in [0.15, 0.2) is 357 Å². The van der Waals surface area contributed by atoms with Gasteiger partial charge in [0.1, 0.15) is 11.5 Å². The first-order chi connectivity index (χ1) is 68.2. The van der Waals surface area contributed by atoms with E-state index in [2.05, 4.69) is 300 Å². The van der Waals surface area contributed by atoms with Gasteiger partial charge in [-0.05, 0) is 318 Å². The van der Waals surface area contributed by atoms with Crippen molar-refractivity contribution >= 4 is 255 Å². The lowest BCUT2D eigenvalue weighted by Crippen LogP contribution is -2.62. The number of hydrogen-bond acceptors (Lipinski definition) is 16. The smallest absolute Gasteiger partial charge is 0.252 e. The average molecular weight is 1980 g/mol. The Kier molecular flexibility index (Phi) is 23.0. The van der Waals surface area contributed by atoms with Crippen LogP contribution in [0.4, 0.5) is 81.4 Å². The highest BCUT2D eigenvalue weighted by molar-refractivity contribution is 8.03. The monoisotopic (exact) mass is 1980 g/mol. The second-order valence-corrected chi connectivity index (χ2v) is 47.6. The summed E-state index contributed by atoms with van der Waals surface area (Å²) in [4.78, 5) is 28.1. The number of rotatable bonds is 16. The van der Waals surface area contributed by atoms with Gasteiger partial charge >= 0.3 is 0 Å². The minimum absolute atomic E-state index is 0.170. The molecular formula is C117H95B4F3N4O4S8. The molecule has 8 nitrogen and oxygen atoms in total. The van der Waals surface area contributed by atoms with Crippen LogP contribution in [0.2, 0.25) is 0 Å². The fourth-order valence-corrected chi connectivity index (χ4v) is 33.1. The zero-order valence-electron chi connectivity index (χ0n) is 79.3. The molecule has 12 aliphatic rings. The second-order valence-electron chi connectivity index (χ2n) is 39.1. The van der Waals surface area contributed by atoms with Crippen molar-refractivity contribution in [2.45, 2.75) is 204 Å². The predicted octanol–water partition coefficient (Wildman–Crippen LogP) is 25.6. The highest BCUT2D eigenvalue weighted by Gasteiger charge is 2.53. The third-order valence-corrected chi connectivity index (χ3v) is 37.7. The summed E-state index contributed by atoms with van der Waals surface area (Å²) in [6.07, 6.45) is 6.90. The van der Waals surface area contributed by atoms with Gasteiger partial charge in [-0.1, -0.05) is 243 Å². The van der Waals surface area contributed by atoms with Gasteiger partial charge in [0.05, 0.1) is 48.4 Å². The van der Waals surface area contributed by atoms with Gasteiger partial charge in [-0.15, -0.1) is 0 Å². The molecule has 688 valence electrons. The van der Waals surface area contributed by atoms with E-state index in [0.29, 0.717) is 25.4 Å². The number of methoxy groups -OCH3 is 2. The number of anilines is 12. The van der Waals surface area contributed by atoms with Crippen molar-refractivity contribution in [3.05, 3.63) is 324 Å². The fourth-order valence-electron chi connectivity index (χ4n) is 22.7. The van der Waals surface area contributed by atoms with E-state index in [1.165, 1.54) is 211 Å². The highest BCUT2D eigenvalue weighted by atomic mass is 32.2. The molecule has 16 aromatic rings. The van der Waals surface area contributed by atoms with E-state index in [-0.39, 0.29) is 41.1 Å².